The number of benzene rings is 1. The lowest BCUT2D eigenvalue weighted by molar-refractivity contribution is 0.571. The predicted octanol–water partition coefficient (Wildman–Crippen LogP) is 4.38. The molecular formula is C11H14ClF. The van der Waals surface area contributed by atoms with Gasteiger partial charge < -0.3 is 0 Å². The van der Waals surface area contributed by atoms with Crippen LogP contribution in [0, 0.1) is 5.82 Å². The van der Waals surface area contributed by atoms with Crippen LogP contribution in [0.15, 0.2) is 18.2 Å². The van der Waals surface area contributed by atoms with Gasteiger partial charge in [0.1, 0.15) is 5.82 Å². The highest BCUT2D eigenvalue weighted by molar-refractivity contribution is 6.30. The molecule has 0 spiro atoms. The molecule has 0 N–H and O–H groups in total. The summed E-state index contributed by atoms with van der Waals surface area (Å²) in [5, 5.41) is 0.463. The van der Waals surface area contributed by atoms with E-state index in [0.717, 1.165) is 18.4 Å². The Bertz CT molecular complexity index is 283. The second-order valence-corrected chi connectivity index (χ2v) is 3.79. The molecule has 1 aromatic carbocycles. The lowest BCUT2D eigenvalue weighted by Gasteiger charge is -2.11. The maximum absolute atomic E-state index is 13.3. The molecule has 2 heteroatoms. The summed E-state index contributed by atoms with van der Waals surface area (Å²) < 4.78 is 13.3. The minimum absolute atomic E-state index is 0.187. The van der Waals surface area contributed by atoms with Gasteiger partial charge in [0, 0.05) is 5.02 Å². The van der Waals surface area contributed by atoms with Gasteiger partial charge in [0.05, 0.1) is 0 Å². The molecule has 0 aliphatic rings. The normalized spacial score (nSPS) is 12.9. The molecule has 0 heterocycles. The van der Waals surface area contributed by atoms with Crippen molar-refractivity contribution in [2.45, 2.75) is 32.6 Å². The largest absolute Gasteiger partial charge is 0.207 e. The standard InChI is InChI=1S/C11H14ClF/c1-3-4-8(2)10-6-5-9(12)7-11(10)13/h5-8H,3-4H2,1-2H3. The first kappa shape index (κ1) is 10.5. The predicted molar refractivity (Wildman–Crippen MR) is 54.7 cm³/mol. The summed E-state index contributed by atoms with van der Waals surface area (Å²) in [6.07, 6.45) is 2.09. The Hall–Kier alpha value is -0.560. The molecule has 0 bridgehead atoms. The van der Waals surface area contributed by atoms with E-state index in [4.69, 9.17) is 11.6 Å². The highest BCUT2D eigenvalue weighted by atomic mass is 35.5. The smallest absolute Gasteiger partial charge is 0.128 e. The van der Waals surface area contributed by atoms with Crippen LogP contribution in [-0.2, 0) is 0 Å². The summed E-state index contributed by atoms with van der Waals surface area (Å²) in [6.45, 7) is 4.14. The van der Waals surface area contributed by atoms with Crippen LogP contribution in [-0.4, -0.2) is 0 Å². The van der Waals surface area contributed by atoms with Crippen molar-refractivity contribution in [2.75, 3.05) is 0 Å². The highest BCUT2D eigenvalue weighted by Gasteiger charge is 2.09. The second-order valence-electron chi connectivity index (χ2n) is 3.36. The Kier molecular flexibility index (Phi) is 3.73. The zero-order valence-corrected chi connectivity index (χ0v) is 8.74. The van der Waals surface area contributed by atoms with E-state index in [2.05, 4.69) is 6.92 Å². The Balaban J connectivity index is 2.88. The molecule has 1 unspecified atom stereocenters. The average Bonchev–Trinajstić information content (AvgIpc) is 2.04. The lowest BCUT2D eigenvalue weighted by Crippen LogP contribution is -1.96. The van der Waals surface area contributed by atoms with Gasteiger partial charge in [0.2, 0.25) is 0 Å². The van der Waals surface area contributed by atoms with Gasteiger partial charge in [-0.3, -0.25) is 0 Å². The molecule has 1 atom stereocenters. The van der Waals surface area contributed by atoms with Gasteiger partial charge in [-0.15, -0.1) is 0 Å². The summed E-state index contributed by atoms with van der Waals surface area (Å²) in [5.41, 5.74) is 0.770. The molecular weight excluding hydrogens is 187 g/mol. The van der Waals surface area contributed by atoms with Crippen molar-refractivity contribution < 1.29 is 4.39 Å². The van der Waals surface area contributed by atoms with Crippen molar-refractivity contribution in [1.82, 2.24) is 0 Å². The van der Waals surface area contributed by atoms with Gasteiger partial charge in [0.25, 0.3) is 0 Å². The molecule has 0 aliphatic carbocycles. The van der Waals surface area contributed by atoms with E-state index >= 15 is 0 Å². The fourth-order valence-electron chi connectivity index (χ4n) is 1.49. The van der Waals surface area contributed by atoms with E-state index in [9.17, 15) is 4.39 Å². The lowest BCUT2D eigenvalue weighted by atomic mass is 9.96. The van der Waals surface area contributed by atoms with Gasteiger partial charge in [-0.1, -0.05) is 37.9 Å². The van der Waals surface area contributed by atoms with Crippen LogP contribution in [0.25, 0.3) is 0 Å². The van der Waals surface area contributed by atoms with Crippen molar-refractivity contribution in [3.63, 3.8) is 0 Å². The summed E-state index contributed by atoms with van der Waals surface area (Å²) in [4.78, 5) is 0. The van der Waals surface area contributed by atoms with E-state index in [1.54, 1.807) is 12.1 Å². The third-order valence-corrected chi connectivity index (χ3v) is 2.45. The first-order valence-corrected chi connectivity index (χ1v) is 4.98. The molecule has 1 rings (SSSR count). The van der Waals surface area contributed by atoms with Crippen molar-refractivity contribution in [1.29, 1.82) is 0 Å². The maximum atomic E-state index is 13.3. The maximum Gasteiger partial charge on any atom is 0.128 e. The second kappa shape index (κ2) is 4.61. The number of hydrogen-bond acceptors (Lipinski definition) is 0. The minimum atomic E-state index is -0.187. The highest BCUT2D eigenvalue weighted by Crippen LogP contribution is 2.25. The van der Waals surface area contributed by atoms with E-state index in [1.807, 2.05) is 6.92 Å². The van der Waals surface area contributed by atoms with Crippen LogP contribution < -0.4 is 0 Å². The van der Waals surface area contributed by atoms with Crippen molar-refractivity contribution in [3.8, 4) is 0 Å². The van der Waals surface area contributed by atoms with Crippen LogP contribution in [0.2, 0.25) is 5.02 Å². The summed E-state index contributed by atoms with van der Waals surface area (Å²) in [5.74, 6) is 0.0933. The van der Waals surface area contributed by atoms with E-state index in [1.165, 1.54) is 6.07 Å². The zero-order valence-electron chi connectivity index (χ0n) is 7.98. The minimum Gasteiger partial charge on any atom is -0.207 e. The molecule has 0 fully saturated rings. The Morgan fingerprint density at radius 2 is 2.15 bits per heavy atom. The van der Waals surface area contributed by atoms with E-state index in [-0.39, 0.29) is 11.7 Å². The monoisotopic (exact) mass is 200 g/mol. The zero-order chi connectivity index (χ0) is 9.84. The van der Waals surface area contributed by atoms with E-state index < -0.39 is 0 Å². The Labute approximate surface area is 83.7 Å². The van der Waals surface area contributed by atoms with E-state index in [0.29, 0.717) is 5.02 Å². The van der Waals surface area contributed by atoms with Gasteiger partial charge >= 0.3 is 0 Å². The Morgan fingerprint density at radius 3 is 2.69 bits per heavy atom. The molecule has 0 saturated carbocycles. The van der Waals surface area contributed by atoms with Crippen molar-refractivity contribution in [3.05, 3.63) is 34.6 Å². The molecule has 0 saturated heterocycles. The van der Waals surface area contributed by atoms with Crippen LogP contribution in [0.1, 0.15) is 38.2 Å². The topological polar surface area (TPSA) is 0 Å². The number of hydrogen-bond donors (Lipinski definition) is 0. The van der Waals surface area contributed by atoms with Gasteiger partial charge in [0.15, 0.2) is 0 Å². The third-order valence-electron chi connectivity index (χ3n) is 2.22. The average molecular weight is 201 g/mol. The molecule has 1 aromatic rings. The van der Waals surface area contributed by atoms with Crippen LogP contribution in [0.5, 0.6) is 0 Å². The molecule has 0 amide bonds. The first-order valence-electron chi connectivity index (χ1n) is 4.60. The van der Waals surface area contributed by atoms with Crippen molar-refractivity contribution >= 4 is 11.6 Å². The molecule has 0 aromatic heterocycles. The molecule has 0 radical (unpaired) electrons. The molecule has 13 heavy (non-hydrogen) atoms. The third kappa shape index (κ3) is 2.70. The fourth-order valence-corrected chi connectivity index (χ4v) is 1.65. The van der Waals surface area contributed by atoms with Crippen LogP contribution in [0.3, 0.4) is 0 Å². The summed E-state index contributed by atoms with van der Waals surface area (Å²) in [7, 11) is 0. The quantitative estimate of drug-likeness (QED) is 0.679. The molecule has 0 nitrogen and oxygen atoms in total. The Morgan fingerprint density at radius 1 is 1.46 bits per heavy atom. The first-order chi connectivity index (χ1) is 6.15. The van der Waals surface area contributed by atoms with Crippen LogP contribution in [0.4, 0.5) is 4.39 Å². The van der Waals surface area contributed by atoms with Crippen molar-refractivity contribution in [2.24, 2.45) is 0 Å². The molecule has 0 aliphatic heterocycles. The summed E-state index contributed by atoms with van der Waals surface area (Å²) in [6, 6.07) is 4.90. The van der Waals surface area contributed by atoms with Crippen LogP contribution >= 0.6 is 11.6 Å². The fraction of sp³-hybridized carbons (Fsp3) is 0.455. The van der Waals surface area contributed by atoms with Gasteiger partial charge in [-0.05, 0) is 30.0 Å². The SMILES string of the molecule is CCCC(C)c1ccc(Cl)cc1F. The number of halogens is 2. The van der Waals surface area contributed by atoms with Gasteiger partial charge in [-0.2, -0.15) is 0 Å². The number of rotatable bonds is 3. The summed E-state index contributed by atoms with van der Waals surface area (Å²) >= 11 is 5.66. The molecule has 72 valence electrons. The van der Waals surface area contributed by atoms with Gasteiger partial charge in [-0.25, -0.2) is 4.39 Å².